The van der Waals surface area contributed by atoms with Crippen molar-refractivity contribution in [2.75, 3.05) is 26.9 Å². The molecule has 0 saturated carbocycles. The van der Waals surface area contributed by atoms with E-state index in [1.165, 1.54) is 7.11 Å². The summed E-state index contributed by atoms with van der Waals surface area (Å²) in [7, 11) is 1.51. The van der Waals surface area contributed by atoms with Gasteiger partial charge in [0.05, 0.1) is 19.8 Å². The van der Waals surface area contributed by atoms with Gasteiger partial charge in [-0.1, -0.05) is 30.3 Å². The molecule has 0 amide bonds. The van der Waals surface area contributed by atoms with Crippen molar-refractivity contribution in [3.63, 3.8) is 0 Å². The number of para-hydroxylation sites is 1. The first kappa shape index (κ1) is 22.7. The third-order valence-corrected chi connectivity index (χ3v) is 5.35. The number of carbonyl (C=O) groups excluding carboxylic acids is 1. The Morgan fingerprint density at radius 3 is 2.33 bits per heavy atom. The number of hydrogen-bond acceptors (Lipinski definition) is 6. The fraction of sp³-hybridized carbons (Fsp3) is 0.296. The summed E-state index contributed by atoms with van der Waals surface area (Å²) in [5.74, 6) is 1.24. The Kier molecular flexibility index (Phi) is 7.47. The molecule has 0 N–H and O–H groups in total. The Labute approximate surface area is 193 Å². The molecule has 1 aromatic heterocycles. The zero-order valence-corrected chi connectivity index (χ0v) is 18.9. The second-order valence-electron chi connectivity index (χ2n) is 7.63. The highest BCUT2D eigenvalue weighted by molar-refractivity contribution is 6.05. The lowest BCUT2D eigenvalue weighted by Crippen LogP contribution is -2.27. The molecule has 1 atom stereocenters. The first-order valence-electron chi connectivity index (χ1n) is 11.1. The Bertz CT molecular complexity index is 1190. The van der Waals surface area contributed by atoms with Crippen molar-refractivity contribution < 1.29 is 28.2 Å². The van der Waals surface area contributed by atoms with Crippen LogP contribution in [0.4, 0.5) is 0 Å². The third kappa shape index (κ3) is 5.65. The zero-order chi connectivity index (χ0) is 23.0. The van der Waals surface area contributed by atoms with E-state index in [9.17, 15) is 4.79 Å². The number of furan rings is 1. The van der Waals surface area contributed by atoms with Gasteiger partial charge < -0.3 is 23.4 Å². The molecule has 6 nitrogen and oxygen atoms in total. The lowest BCUT2D eigenvalue weighted by atomic mass is 10.1. The zero-order valence-electron chi connectivity index (χ0n) is 18.9. The van der Waals surface area contributed by atoms with E-state index < -0.39 is 6.10 Å². The Hall–Kier alpha value is -3.51. The van der Waals surface area contributed by atoms with E-state index in [0.717, 1.165) is 45.4 Å². The van der Waals surface area contributed by atoms with Gasteiger partial charge in [0.1, 0.15) is 22.7 Å². The second-order valence-corrected chi connectivity index (χ2v) is 7.63. The van der Waals surface area contributed by atoms with Crippen LogP contribution in [0.2, 0.25) is 0 Å². The van der Waals surface area contributed by atoms with E-state index >= 15 is 0 Å². The number of rotatable bonds is 11. The maximum atomic E-state index is 11.9. The summed E-state index contributed by atoms with van der Waals surface area (Å²) in [4.78, 5) is 11.9. The van der Waals surface area contributed by atoms with Crippen molar-refractivity contribution in [1.29, 1.82) is 0 Å². The van der Waals surface area contributed by atoms with Gasteiger partial charge in [-0.05, 0) is 48.9 Å². The first-order valence-corrected chi connectivity index (χ1v) is 11.1. The van der Waals surface area contributed by atoms with Gasteiger partial charge in [0.25, 0.3) is 0 Å². The van der Waals surface area contributed by atoms with Gasteiger partial charge in [0, 0.05) is 30.7 Å². The Morgan fingerprint density at radius 1 is 0.879 bits per heavy atom. The third-order valence-electron chi connectivity index (χ3n) is 5.35. The number of methoxy groups -OCH3 is 1. The van der Waals surface area contributed by atoms with Crippen LogP contribution in [0.25, 0.3) is 21.9 Å². The van der Waals surface area contributed by atoms with E-state index in [4.69, 9.17) is 23.4 Å². The van der Waals surface area contributed by atoms with Gasteiger partial charge in [0.2, 0.25) is 0 Å². The van der Waals surface area contributed by atoms with E-state index in [0.29, 0.717) is 26.2 Å². The maximum absolute atomic E-state index is 11.9. The molecule has 0 radical (unpaired) electrons. The van der Waals surface area contributed by atoms with Crippen LogP contribution in [-0.4, -0.2) is 39.0 Å². The molecule has 4 aromatic rings. The van der Waals surface area contributed by atoms with Gasteiger partial charge in [-0.2, -0.15) is 0 Å². The summed E-state index contributed by atoms with van der Waals surface area (Å²) in [6.45, 7) is 3.21. The van der Waals surface area contributed by atoms with Crippen LogP contribution in [0.3, 0.4) is 0 Å². The molecule has 172 valence electrons. The smallest absolute Gasteiger partial charge is 0.335 e. The van der Waals surface area contributed by atoms with E-state index in [1.54, 1.807) is 6.92 Å². The van der Waals surface area contributed by atoms with Gasteiger partial charge in [-0.15, -0.1) is 0 Å². The van der Waals surface area contributed by atoms with Crippen LogP contribution in [-0.2, 0) is 20.7 Å². The van der Waals surface area contributed by atoms with Crippen LogP contribution in [0.1, 0.15) is 18.9 Å². The van der Waals surface area contributed by atoms with Gasteiger partial charge in [-0.3, -0.25) is 0 Å². The van der Waals surface area contributed by atoms with Crippen LogP contribution >= 0.6 is 0 Å². The first-order chi connectivity index (χ1) is 16.2. The highest BCUT2D eigenvalue weighted by atomic mass is 16.6. The molecule has 1 unspecified atom stereocenters. The SMILES string of the molecule is CCOC(=O)C(Cc1ccc(OCCCOc2ccc3oc4ccccc4c3c2)cc1)OC. The van der Waals surface area contributed by atoms with Gasteiger partial charge >= 0.3 is 5.97 Å². The average Bonchev–Trinajstić information content (AvgIpc) is 3.21. The van der Waals surface area contributed by atoms with Crippen molar-refractivity contribution in [2.24, 2.45) is 0 Å². The average molecular weight is 449 g/mol. The van der Waals surface area contributed by atoms with Crippen LogP contribution < -0.4 is 9.47 Å². The molecule has 0 fully saturated rings. The molecule has 33 heavy (non-hydrogen) atoms. The lowest BCUT2D eigenvalue weighted by molar-refractivity contribution is -0.154. The predicted molar refractivity (Wildman–Crippen MR) is 127 cm³/mol. The molecule has 0 saturated heterocycles. The standard InChI is InChI=1S/C27H28O6/c1-3-30-27(28)26(29-2)17-19-9-11-20(12-10-19)31-15-6-16-32-21-13-14-25-23(18-21)22-7-4-5-8-24(22)33-25/h4-5,7-14,18,26H,3,6,15-17H2,1-2H3. The Balaban J connectivity index is 1.23. The normalized spacial score (nSPS) is 12.1. The molecule has 0 spiro atoms. The van der Waals surface area contributed by atoms with Crippen molar-refractivity contribution >= 4 is 27.9 Å². The molecule has 3 aromatic carbocycles. The molecule has 0 bridgehead atoms. The highest BCUT2D eigenvalue weighted by Gasteiger charge is 2.19. The number of fused-ring (bicyclic) bond motifs is 3. The highest BCUT2D eigenvalue weighted by Crippen LogP contribution is 2.31. The number of esters is 1. The summed E-state index contributed by atoms with van der Waals surface area (Å²) < 4.78 is 27.8. The van der Waals surface area contributed by atoms with Crippen molar-refractivity contribution in [3.05, 3.63) is 72.3 Å². The topological polar surface area (TPSA) is 67.1 Å². The molecule has 4 rings (SSSR count). The van der Waals surface area contributed by atoms with Crippen molar-refractivity contribution in [1.82, 2.24) is 0 Å². The largest absolute Gasteiger partial charge is 0.493 e. The Morgan fingerprint density at radius 2 is 1.58 bits per heavy atom. The number of ether oxygens (including phenoxy) is 4. The minimum Gasteiger partial charge on any atom is -0.493 e. The summed E-state index contributed by atoms with van der Waals surface area (Å²) in [5.41, 5.74) is 2.71. The fourth-order valence-electron chi connectivity index (χ4n) is 3.67. The predicted octanol–water partition coefficient (Wildman–Crippen LogP) is 5.55. The molecular formula is C27H28O6. The van der Waals surface area contributed by atoms with Gasteiger partial charge in [-0.25, -0.2) is 4.79 Å². The molecule has 0 aliphatic heterocycles. The summed E-state index contributed by atoms with van der Waals surface area (Å²) in [5, 5.41) is 2.14. The molecule has 1 heterocycles. The van der Waals surface area contributed by atoms with E-state index in [-0.39, 0.29) is 5.97 Å². The van der Waals surface area contributed by atoms with E-state index in [1.807, 2.05) is 60.7 Å². The molecule has 6 heteroatoms. The minimum atomic E-state index is -0.604. The second kappa shape index (κ2) is 10.9. The number of hydrogen-bond donors (Lipinski definition) is 0. The molecular weight excluding hydrogens is 420 g/mol. The summed E-state index contributed by atoms with van der Waals surface area (Å²) in [6.07, 6.45) is 0.605. The quantitative estimate of drug-likeness (QED) is 0.221. The van der Waals surface area contributed by atoms with Crippen LogP contribution in [0.15, 0.2) is 71.1 Å². The lowest BCUT2D eigenvalue weighted by Gasteiger charge is -2.14. The van der Waals surface area contributed by atoms with Gasteiger partial charge in [0.15, 0.2) is 6.10 Å². The number of carbonyl (C=O) groups is 1. The maximum Gasteiger partial charge on any atom is 0.335 e. The van der Waals surface area contributed by atoms with Crippen molar-refractivity contribution in [3.8, 4) is 11.5 Å². The minimum absolute atomic E-state index is 0.337. The summed E-state index contributed by atoms with van der Waals surface area (Å²) in [6, 6.07) is 21.5. The summed E-state index contributed by atoms with van der Waals surface area (Å²) >= 11 is 0. The number of benzene rings is 3. The molecule has 0 aliphatic carbocycles. The molecule has 0 aliphatic rings. The van der Waals surface area contributed by atoms with Crippen molar-refractivity contribution in [2.45, 2.75) is 25.9 Å². The fourth-order valence-corrected chi connectivity index (χ4v) is 3.67. The van der Waals surface area contributed by atoms with Crippen LogP contribution in [0.5, 0.6) is 11.5 Å². The monoisotopic (exact) mass is 448 g/mol. The van der Waals surface area contributed by atoms with E-state index in [2.05, 4.69) is 6.07 Å². The van der Waals surface area contributed by atoms with Crippen LogP contribution in [0, 0.1) is 0 Å².